The van der Waals surface area contributed by atoms with Crippen molar-refractivity contribution in [1.29, 1.82) is 0 Å². The van der Waals surface area contributed by atoms with Crippen LogP contribution < -0.4 is 16.0 Å². The third kappa shape index (κ3) is 4.90. The Balaban J connectivity index is 2.74. The van der Waals surface area contributed by atoms with Gasteiger partial charge in [-0.1, -0.05) is 6.92 Å². The molecule has 2 N–H and O–H groups in total. The van der Waals surface area contributed by atoms with Crippen LogP contribution in [0.4, 0.5) is 0 Å². The average Bonchev–Trinajstić information content (AvgIpc) is 2.49. The smallest absolute Gasteiger partial charge is 0.292 e. The van der Waals surface area contributed by atoms with Crippen molar-refractivity contribution in [2.45, 2.75) is 39.8 Å². The van der Waals surface area contributed by atoms with Gasteiger partial charge in [0, 0.05) is 31.9 Å². The molecule has 1 aromatic rings. The molecule has 6 nitrogen and oxygen atoms in total. The lowest BCUT2D eigenvalue weighted by Gasteiger charge is -2.18. The first kappa shape index (κ1) is 17.2. The molecule has 0 aromatic carbocycles. The number of carbonyl (C=O) groups is 1. The molecule has 0 saturated carbocycles. The van der Waals surface area contributed by atoms with Gasteiger partial charge in [-0.05, 0) is 32.4 Å². The van der Waals surface area contributed by atoms with Crippen LogP contribution in [0.3, 0.4) is 0 Å². The molecule has 0 spiro atoms. The van der Waals surface area contributed by atoms with Crippen LogP contribution in [-0.4, -0.2) is 41.1 Å². The van der Waals surface area contributed by atoms with Crippen LogP contribution >= 0.6 is 0 Å². The van der Waals surface area contributed by atoms with E-state index >= 15 is 0 Å². The molecule has 1 rings (SSSR count). The van der Waals surface area contributed by atoms with Gasteiger partial charge in [0.1, 0.15) is 0 Å². The van der Waals surface area contributed by atoms with Crippen molar-refractivity contribution in [3.63, 3.8) is 0 Å². The van der Waals surface area contributed by atoms with Crippen LogP contribution in [0.15, 0.2) is 23.1 Å². The van der Waals surface area contributed by atoms with Gasteiger partial charge >= 0.3 is 0 Å². The predicted molar refractivity (Wildman–Crippen MR) is 82.4 cm³/mol. The van der Waals surface area contributed by atoms with Gasteiger partial charge in [-0.15, -0.1) is 0 Å². The third-order valence-electron chi connectivity index (χ3n) is 3.41. The second-order valence-corrected chi connectivity index (χ2v) is 4.85. The van der Waals surface area contributed by atoms with E-state index in [1.54, 1.807) is 23.2 Å². The van der Waals surface area contributed by atoms with Gasteiger partial charge in [0.2, 0.25) is 0 Å². The van der Waals surface area contributed by atoms with E-state index in [-0.39, 0.29) is 29.9 Å². The number of pyridine rings is 1. The molecule has 1 amide bonds. The SMILES string of the molecule is CCC(N)Cn1cccc(OCC(=O)N(CC)CC)c1=O. The van der Waals surface area contributed by atoms with Crippen LogP contribution in [0.25, 0.3) is 0 Å². The van der Waals surface area contributed by atoms with Gasteiger partial charge in [0.25, 0.3) is 11.5 Å². The summed E-state index contributed by atoms with van der Waals surface area (Å²) in [5.74, 6) is 0.0568. The molecule has 0 fully saturated rings. The zero-order chi connectivity index (χ0) is 15.8. The highest BCUT2D eigenvalue weighted by Crippen LogP contribution is 2.03. The van der Waals surface area contributed by atoms with Crippen LogP contribution in [0.1, 0.15) is 27.2 Å². The molecule has 1 aromatic heterocycles. The molecule has 1 unspecified atom stereocenters. The van der Waals surface area contributed by atoms with E-state index in [1.807, 2.05) is 20.8 Å². The Bertz CT molecular complexity index is 509. The summed E-state index contributed by atoms with van der Waals surface area (Å²) >= 11 is 0. The standard InChI is InChI=1S/C15H25N3O3/c1-4-12(16)10-18-9-7-8-13(15(18)20)21-11-14(19)17(5-2)6-3/h7-9,12H,4-6,10-11,16H2,1-3H3. The summed E-state index contributed by atoms with van der Waals surface area (Å²) in [7, 11) is 0. The molecule has 1 heterocycles. The van der Waals surface area contributed by atoms with E-state index in [0.29, 0.717) is 19.6 Å². The number of hydrogen-bond acceptors (Lipinski definition) is 4. The lowest BCUT2D eigenvalue weighted by Crippen LogP contribution is -2.36. The predicted octanol–water partition coefficient (Wildman–Crippen LogP) is 0.833. The molecule has 6 heteroatoms. The number of carbonyl (C=O) groups excluding carboxylic acids is 1. The normalized spacial score (nSPS) is 12.0. The van der Waals surface area contributed by atoms with Gasteiger partial charge in [-0.3, -0.25) is 9.59 Å². The fourth-order valence-corrected chi connectivity index (χ4v) is 1.96. The van der Waals surface area contributed by atoms with Crippen molar-refractivity contribution in [3.8, 4) is 5.75 Å². The fourth-order valence-electron chi connectivity index (χ4n) is 1.96. The van der Waals surface area contributed by atoms with Gasteiger partial charge in [-0.25, -0.2) is 0 Å². The number of nitrogens with zero attached hydrogens (tertiary/aromatic N) is 2. The van der Waals surface area contributed by atoms with E-state index in [2.05, 4.69) is 0 Å². The maximum atomic E-state index is 12.2. The van der Waals surface area contributed by atoms with Crippen molar-refractivity contribution in [3.05, 3.63) is 28.7 Å². The minimum Gasteiger partial charge on any atom is -0.478 e. The van der Waals surface area contributed by atoms with Crippen LogP contribution in [0, 0.1) is 0 Å². The summed E-state index contributed by atoms with van der Waals surface area (Å²) in [6.07, 6.45) is 2.47. The second-order valence-electron chi connectivity index (χ2n) is 4.85. The van der Waals surface area contributed by atoms with Gasteiger partial charge < -0.3 is 19.9 Å². The Morgan fingerprint density at radius 1 is 1.38 bits per heavy atom. The molecule has 0 aliphatic heterocycles. The molecule has 118 valence electrons. The number of amides is 1. The average molecular weight is 295 g/mol. The maximum absolute atomic E-state index is 12.2. The van der Waals surface area contributed by atoms with Crippen LogP contribution in [0.2, 0.25) is 0 Å². The number of aromatic nitrogens is 1. The molecule has 1 atom stereocenters. The monoisotopic (exact) mass is 295 g/mol. The molecule has 0 bridgehead atoms. The Morgan fingerprint density at radius 2 is 2.05 bits per heavy atom. The first-order chi connectivity index (χ1) is 10.0. The highest BCUT2D eigenvalue weighted by molar-refractivity contribution is 5.77. The number of ether oxygens (including phenoxy) is 1. The molecule has 0 aliphatic carbocycles. The zero-order valence-corrected chi connectivity index (χ0v) is 13.0. The van der Waals surface area contributed by atoms with Gasteiger partial charge in [0.05, 0.1) is 0 Å². The van der Waals surface area contributed by atoms with Crippen molar-refractivity contribution < 1.29 is 9.53 Å². The Kier molecular flexibility index (Phi) is 6.94. The Labute approximate surface area is 125 Å². The second kappa shape index (κ2) is 8.46. The van der Waals surface area contributed by atoms with Crippen molar-refractivity contribution in [2.75, 3.05) is 19.7 Å². The highest BCUT2D eigenvalue weighted by atomic mass is 16.5. The first-order valence-electron chi connectivity index (χ1n) is 7.39. The topological polar surface area (TPSA) is 77.6 Å². The van der Waals surface area contributed by atoms with E-state index in [9.17, 15) is 9.59 Å². The number of likely N-dealkylation sites (N-methyl/N-ethyl adjacent to an activating group) is 1. The van der Waals surface area contributed by atoms with Crippen LogP contribution in [-0.2, 0) is 11.3 Å². The minimum absolute atomic E-state index is 0.0738. The van der Waals surface area contributed by atoms with Crippen LogP contribution in [0.5, 0.6) is 5.75 Å². The summed E-state index contributed by atoms with van der Waals surface area (Å²) < 4.78 is 6.89. The first-order valence-corrected chi connectivity index (χ1v) is 7.39. The number of hydrogen-bond donors (Lipinski definition) is 1. The summed E-state index contributed by atoms with van der Waals surface area (Å²) in [5, 5.41) is 0. The molecule has 0 radical (unpaired) electrons. The van der Waals surface area contributed by atoms with Crippen molar-refractivity contribution in [1.82, 2.24) is 9.47 Å². The molecule has 21 heavy (non-hydrogen) atoms. The van der Waals surface area contributed by atoms with E-state index in [0.717, 1.165) is 6.42 Å². The summed E-state index contributed by atoms with van der Waals surface area (Å²) in [6, 6.07) is 3.22. The van der Waals surface area contributed by atoms with Gasteiger partial charge in [0.15, 0.2) is 12.4 Å². The largest absolute Gasteiger partial charge is 0.478 e. The summed E-state index contributed by atoms with van der Waals surface area (Å²) in [6.45, 7) is 7.36. The van der Waals surface area contributed by atoms with E-state index in [1.165, 1.54) is 4.57 Å². The Hall–Kier alpha value is -1.82. The highest BCUT2D eigenvalue weighted by Gasteiger charge is 2.12. The molecule has 0 saturated heterocycles. The molecular formula is C15H25N3O3. The fraction of sp³-hybridized carbons (Fsp3) is 0.600. The summed E-state index contributed by atoms with van der Waals surface area (Å²) in [5.41, 5.74) is 5.60. The maximum Gasteiger partial charge on any atom is 0.292 e. The van der Waals surface area contributed by atoms with E-state index in [4.69, 9.17) is 10.5 Å². The van der Waals surface area contributed by atoms with Crippen molar-refractivity contribution >= 4 is 5.91 Å². The quantitative estimate of drug-likeness (QED) is 0.770. The van der Waals surface area contributed by atoms with Gasteiger partial charge in [-0.2, -0.15) is 0 Å². The third-order valence-corrected chi connectivity index (χ3v) is 3.41. The Morgan fingerprint density at radius 3 is 2.62 bits per heavy atom. The number of rotatable bonds is 8. The van der Waals surface area contributed by atoms with E-state index < -0.39 is 0 Å². The summed E-state index contributed by atoms with van der Waals surface area (Å²) in [4.78, 5) is 25.7. The molecular weight excluding hydrogens is 270 g/mol. The van der Waals surface area contributed by atoms with Crippen molar-refractivity contribution in [2.24, 2.45) is 5.73 Å². The minimum atomic E-state index is -0.256. The zero-order valence-electron chi connectivity index (χ0n) is 13.0. The lowest BCUT2D eigenvalue weighted by molar-refractivity contribution is -0.133. The molecule has 0 aliphatic rings. The lowest BCUT2D eigenvalue weighted by atomic mass is 10.2. The number of nitrogens with two attached hydrogens (primary N) is 1.